The van der Waals surface area contributed by atoms with E-state index in [1.54, 1.807) is 0 Å². The highest BCUT2D eigenvalue weighted by molar-refractivity contribution is 7.99. The molecule has 0 saturated heterocycles. The molecule has 1 saturated carbocycles. The number of rotatable bonds is 7. The number of anilines is 1. The number of para-hydroxylation sites is 2. The summed E-state index contributed by atoms with van der Waals surface area (Å²) < 4.78 is 7.59. The van der Waals surface area contributed by atoms with Gasteiger partial charge in [-0.05, 0) is 49.2 Å². The van der Waals surface area contributed by atoms with Gasteiger partial charge >= 0.3 is 0 Å². The Hall–Kier alpha value is -2.09. The Bertz CT molecular complexity index is 713. The van der Waals surface area contributed by atoms with Crippen LogP contribution in [-0.2, 0) is 4.79 Å². The van der Waals surface area contributed by atoms with E-state index in [0.717, 1.165) is 12.8 Å². The fourth-order valence-corrected chi connectivity index (χ4v) is 3.65. The molecule has 2 aromatic rings. The van der Waals surface area contributed by atoms with Crippen LogP contribution in [0.3, 0.4) is 0 Å². The summed E-state index contributed by atoms with van der Waals surface area (Å²) >= 11 is 1.36. The first-order chi connectivity index (χ1) is 12.1. The van der Waals surface area contributed by atoms with Crippen LogP contribution in [0.2, 0.25) is 0 Å². The highest BCUT2D eigenvalue weighted by Gasteiger charge is 2.22. The average molecular weight is 361 g/mol. The number of nitrogens with zero attached hydrogens (tertiary/aromatic N) is 4. The van der Waals surface area contributed by atoms with Crippen molar-refractivity contribution in [1.82, 2.24) is 20.2 Å². The smallest absolute Gasteiger partial charge is 0.234 e. The average Bonchev–Trinajstić information content (AvgIpc) is 3.25. The first kappa shape index (κ1) is 17.7. The van der Waals surface area contributed by atoms with E-state index in [2.05, 4.69) is 20.8 Å². The second-order valence-corrected chi connectivity index (χ2v) is 7.29. The molecule has 1 aromatic carbocycles. The number of benzene rings is 1. The van der Waals surface area contributed by atoms with Crippen LogP contribution in [-0.4, -0.2) is 38.0 Å². The summed E-state index contributed by atoms with van der Waals surface area (Å²) in [5, 5.41) is 15.5. The van der Waals surface area contributed by atoms with Gasteiger partial charge in [0.15, 0.2) is 0 Å². The van der Waals surface area contributed by atoms with Gasteiger partial charge in [0.2, 0.25) is 11.1 Å². The van der Waals surface area contributed by atoms with Crippen LogP contribution in [0.1, 0.15) is 45.6 Å². The van der Waals surface area contributed by atoms with Crippen molar-refractivity contribution in [2.24, 2.45) is 0 Å². The van der Waals surface area contributed by atoms with E-state index in [9.17, 15) is 4.79 Å². The Kier molecular flexibility index (Phi) is 5.91. The Morgan fingerprint density at radius 2 is 2.12 bits per heavy atom. The summed E-state index contributed by atoms with van der Waals surface area (Å²) in [6.07, 6.45) is 4.67. The lowest BCUT2D eigenvalue weighted by molar-refractivity contribution is -0.113. The number of aromatic nitrogens is 4. The number of hydrogen-bond acceptors (Lipinski definition) is 6. The molecule has 0 radical (unpaired) electrons. The molecule has 1 aliphatic carbocycles. The van der Waals surface area contributed by atoms with E-state index in [-0.39, 0.29) is 17.8 Å². The van der Waals surface area contributed by atoms with E-state index in [0.29, 0.717) is 22.6 Å². The van der Waals surface area contributed by atoms with Crippen molar-refractivity contribution >= 4 is 23.4 Å². The first-order valence-corrected chi connectivity index (χ1v) is 9.58. The van der Waals surface area contributed by atoms with Crippen molar-refractivity contribution < 1.29 is 9.53 Å². The van der Waals surface area contributed by atoms with Gasteiger partial charge in [-0.2, -0.15) is 0 Å². The molecule has 3 rings (SSSR count). The first-order valence-electron chi connectivity index (χ1n) is 8.59. The molecular formula is C17H23N5O2S. The molecule has 0 bridgehead atoms. The monoisotopic (exact) mass is 361 g/mol. The maximum Gasteiger partial charge on any atom is 0.234 e. The zero-order valence-corrected chi connectivity index (χ0v) is 15.3. The number of amides is 1. The van der Waals surface area contributed by atoms with Crippen LogP contribution < -0.4 is 10.1 Å². The molecule has 25 heavy (non-hydrogen) atoms. The van der Waals surface area contributed by atoms with E-state index in [1.807, 2.05) is 42.8 Å². The van der Waals surface area contributed by atoms with E-state index in [4.69, 9.17) is 4.74 Å². The predicted molar refractivity (Wildman–Crippen MR) is 96.9 cm³/mol. The van der Waals surface area contributed by atoms with E-state index in [1.165, 1.54) is 24.6 Å². The zero-order chi connectivity index (χ0) is 17.6. The van der Waals surface area contributed by atoms with Crippen molar-refractivity contribution in [3.05, 3.63) is 24.3 Å². The zero-order valence-electron chi connectivity index (χ0n) is 14.5. The predicted octanol–water partition coefficient (Wildman–Crippen LogP) is 3.31. The second kappa shape index (κ2) is 8.33. The summed E-state index contributed by atoms with van der Waals surface area (Å²) in [7, 11) is 0. The van der Waals surface area contributed by atoms with Gasteiger partial charge in [0, 0.05) is 0 Å². The van der Waals surface area contributed by atoms with Gasteiger partial charge in [0.1, 0.15) is 5.75 Å². The minimum absolute atomic E-state index is 0.0449. The van der Waals surface area contributed by atoms with Crippen molar-refractivity contribution in [1.29, 1.82) is 0 Å². The normalized spacial score (nSPS) is 14.8. The van der Waals surface area contributed by atoms with Crippen LogP contribution in [0.5, 0.6) is 5.75 Å². The van der Waals surface area contributed by atoms with Crippen molar-refractivity contribution in [3.63, 3.8) is 0 Å². The van der Waals surface area contributed by atoms with Gasteiger partial charge in [-0.15, -0.1) is 5.10 Å². The van der Waals surface area contributed by atoms with Crippen LogP contribution >= 0.6 is 11.8 Å². The molecule has 7 nitrogen and oxygen atoms in total. The van der Waals surface area contributed by atoms with Gasteiger partial charge in [-0.25, -0.2) is 4.68 Å². The van der Waals surface area contributed by atoms with Crippen LogP contribution in [0.15, 0.2) is 29.4 Å². The quantitative estimate of drug-likeness (QED) is 0.762. The number of ether oxygens (including phenoxy) is 1. The molecule has 0 unspecified atom stereocenters. The standard InChI is InChI=1S/C17H23N5O2S/c1-12(2)24-15-10-6-5-9-14(15)18-16(23)11-25-17-19-20-21-22(17)13-7-3-4-8-13/h5-6,9-10,12-13H,3-4,7-8,11H2,1-2H3,(H,18,23). The van der Waals surface area contributed by atoms with Gasteiger partial charge in [-0.3, -0.25) is 4.79 Å². The second-order valence-electron chi connectivity index (χ2n) is 6.34. The molecule has 134 valence electrons. The highest BCUT2D eigenvalue weighted by atomic mass is 32.2. The summed E-state index contributed by atoms with van der Waals surface area (Å²) in [4.78, 5) is 12.3. The van der Waals surface area contributed by atoms with Crippen molar-refractivity contribution in [3.8, 4) is 5.75 Å². The van der Waals surface area contributed by atoms with Crippen LogP contribution in [0.4, 0.5) is 5.69 Å². The molecule has 0 spiro atoms. The molecule has 1 amide bonds. The van der Waals surface area contributed by atoms with Crippen molar-refractivity contribution in [2.45, 2.75) is 56.8 Å². The molecule has 1 fully saturated rings. The minimum atomic E-state index is -0.106. The number of hydrogen-bond donors (Lipinski definition) is 1. The number of thioether (sulfide) groups is 1. The molecule has 0 atom stereocenters. The fourth-order valence-electron chi connectivity index (χ4n) is 2.90. The largest absolute Gasteiger partial charge is 0.489 e. The van der Waals surface area contributed by atoms with Gasteiger partial charge in [-0.1, -0.05) is 36.7 Å². The SMILES string of the molecule is CC(C)Oc1ccccc1NC(=O)CSc1nnnn1C1CCCC1. The van der Waals surface area contributed by atoms with Gasteiger partial charge in [0.25, 0.3) is 0 Å². The number of carbonyl (C=O) groups excluding carboxylic acids is 1. The Balaban J connectivity index is 1.58. The summed E-state index contributed by atoms with van der Waals surface area (Å²) in [5.74, 6) is 0.820. The number of nitrogens with one attached hydrogen (secondary N) is 1. The highest BCUT2D eigenvalue weighted by Crippen LogP contribution is 2.31. The topological polar surface area (TPSA) is 81.9 Å². The van der Waals surface area contributed by atoms with E-state index < -0.39 is 0 Å². The maximum atomic E-state index is 12.3. The molecular weight excluding hydrogens is 338 g/mol. The molecule has 0 aliphatic heterocycles. The molecule has 1 heterocycles. The van der Waals surface area contributed by atoms with Crippen molar-refractivity contribution in [2.75, 3.05) is 11.1 Å². The third kappa shape index (κ3) is 4.72. The fraction of sp³-hybridized carbons (Fsp3) is 0.529. The number of tetrazole rings is 1. The summed E-state index contributed by atoms with van der Waals surface area (Å²) in [6.45, 7) is 3.91. The third-order valence-corrected chi connectivity index (χ3v) is 4.92. The number of carbonyl (C=O) groups is 1. The molecule has 8 heteroatoms. The van der Waals surface area contributed by atoms with Gasteiger partial charge in [0.05, 0.1) is 23.6 Å². The molecule has 1 aliphatic rings. The maximum absolute atomic E-state index is 12.3. The van der Waals surface area contributed by atoms with Gasteiger partial charge < -0.3 is 10.1 Å². The summed E-state index contributed by atoms with van der Waals surface area (Å²) in [6, 6.07) is 7.81. The Morgan fingerprint density at radius 1 is 1.36 bits per heavy atom. The minimum Gasteiger partial charge on any atom is -0.489 e. The third-order valence-electron chi connectivity index (χ3n) is 3.99. The summed E-state index contributed by atoms with van der Waals surface area (Å²) in [5.41, 5.74) is 0.678. The lowest BCUT2D eigenvalue weighted by atomic mass is 10.3. The lowest BCUT2D eigenvalue weighted by Gasteiger charge is -2.15. The Morgan fingerprint density at radius 3 is 2.88 bits per heavy atom. The lowest BCUT2D eigenvalue weighted by Crippen LogP contribution is -2.17. The van der Waals surface area contributed by atoms with E-state index >= 15 is 0 Å². The molecule has 1 N–H and O–H groups in total. The Labute approximate surface area is 151 Å². The van der Waals surface area contributed by atoms with Crippen LogP contribution in [0, 0.1) is 0 Å². The van der Waals surface area contributed by atoms with Crippen LogP contribution in [0.25, 0.3) is 0 Å². The molecule has 1 aromatic heterocycles.